The van der Waals surface area contributed by atoms with Crippen molar-refractivity contribution in [2.24, 2.45) is 68.8 Å². The van der Waals surface area contributed by atoms with E-state index in [2.05, 4.69) is 0 Å². The molecule has 2 saturated carbocycles. The minimum atomic E-state index is -1.59. The van der Waals surface area contributed by atoms with Crippen LogP contribution in [0.25, 0.3) is 0 Å². The van der Waals surface area contributed by atoms with Gasteiger partial charge in [0.1, 0.15) is 122 Å². The van der Waals surface area contributed by atoms with Crippen molar-refractivity contribution in [3.63, 3.8) is 0 Å². The number of hydrogen-bond acceptors (Lipinski definition) is 42. The van der Waals surface area contributed by atoms with E-state index in [0.29, 0.717) is 49.4 Å². The lowest BCUT2D eigenvalue weighted by molar-refractivity contribution is -0.306. The number of aliphatic hydroxyl groups excluding tert-OH is 12. The highest BCUT2D eigenvalue weighted by molar-refractivity contribution is 8.76. The van der Waals surface area contributed by atoms with Crippen LogP contribution in [0.5, 0.6) is 0 Å². The van der Waals surface area contributed by atoms with Crippen LogP contribution in [0.4, 0.5) is 0 Å². The molecule has 0 bridgehead atoms. The van der Waals surface area contributed by atoms with Crippen LogP contribution in [-0.4, -0.2) is 381 Å². The molecule has 8 fully saturated rings. The largest absolute Gasteiger partial charge is 0.389 e. The SMILES string of the molecule is NCC1O[C@H](O[C@@H]2C(N)C[C@@H](N)C(O)C2O[C@@H]2O[C@H](CSCCOCCSSCCOCCSC[C@H]3O[C@@H](OC4[C@H](O[C@H]5OC(CN)[C@@H](O)C(O)C5N)C(N)C[C@@H](N)[C@H]4O)[C@@H](O)[C@H]3OC3O[C@@H](CN)C(O)C(O)[C@H]3N)[C@H](OC3O[C@@H](CN)C(O)C(O)[C@H]3N)[C@@H]2O)C(N)C(O)[C@@H]1O. The first-order chi connectivity index (χ1) is 45.8. The first kappa shape index (κ1) is 81.5. The number of hydrogen-bond donors (Lipinski definition) is 24. The number of rotatable bonds is 33. The summed E-state index contributed by atoms with van der Waals surface area (Å²) >= 11 is 2.81. The molecule has 562 valence electrons. The minimum Gasteiger partial charge on any atom is -0.389 e. The van der Waals surface area contributed by atoms with Gasteiger partial charge in [-0.25, -0.2) is 0 Å². The molecular weight excluding hydrogens is 1360 g/mol. The van der Waals surface area contributed by atoms with Crippen LogP contribution in [-0.2, 0) is 66.3 Å². The standard InChI is InChI=1S/C54H106N12O26S4/c55-11-21-33(69)37(73)27(63)49(81-21)87-43-19(61)9-17(59)31(67)47(43)91-53-41(77)45(89-51-29(65)39(75)35(71)23(13-57)83-51)25(85-53)15-93-5-1-79-3-7-95-96-8-4-80-2-6-94-16-26-46(90-52-30(66)40(76)36(72)24(14-58)84-52)42(78)54(86-26)92-48-32(68)18(60)10-20(62)44(48)88-50-28(64)38(74)34(70)22(12-56)82-50/h17-54,67-78H,1-16,55-66H2/t17-,18-,19?,20?,21?,22?,23+,24+,25-,26-,27?,28?,29-,30-,31-,32?,33-,34-,35?,36?,37?,38?,39?,40?,41+,42+,43-,44-,45+,46+,47?,48?,49-,50-,51?,52?,53+,54+/m1/s1. The van der Waals surface area contributed by atoms with Crippen LogP contribution in [0.3, 0.4) is 0 Å². The van der Waals surface area contributed by atoms with Crippen molar-refractivity contribution in [3.8, 4) is 0 Å². The molecule has 17 unspecified atom stereocenters. The zero-order valence-corrected chi connectivity index (χ0v) is 56.2. The lowest BCUT2D eigenvalue weighted by Crippen LogP contribution is -2.68. The lowest BCUT2D eigenvalue weighted by atomic mass is 9.84. The van der Waals surface area contributed by atoms with Crippen molar-refractivity contribution >= 4 is 45.1 Å². The fraction of sp³-hybridized carbons (Fsp3) is 1.00. The highest BCUT2D eigenvalue weighted by Crippen LogP contribution is 2.39. The van der Waals surface area contributed by atoms with Gasteiger partial charge in [-0.3, -0.25) is 0 Å². The highest BCUT2D eigenvalue weighted by atomic mass is 33.1. The smallest absolute Gasteiger partial charge is 0.187 e. The van der Waals surface area contributed by atoms with Crippen LogP contribution in [0, 0.1) is 0 Å². The molecular formula is C54H106N12O26S4. The quantitative estimate of drug-likeness (QED) is 0.0214. The van der Waals surface area contributed by atoms with Crippen LogP contribution in [0.2, 0.25) is 0 Å². The van der Waals surface area contributed by atoms with Crippen LogP contribution < -0.4 is 68.8 Å². The van der Waals surface area contributed by atoms with Crippen molar-refractivity contribution in [2.45, 2.75) is 245 Å². The van der Waals surface area contributed by atoms with Crippen molar-refractivity contribution in [1.29, 1.82) is 0 Å². The van der Waals surface area contributed by atoms with Gasteiger partial charge in [0.05, 0.1) is 75.0 Å². The van der Waals surface area contributed by atoms with E-state index in [1.807, 2.05) is 0 Å². The number of thioether (sulfide) groups is 2. The molecule has 6 heterocycles. The summed E-state index contributed by atoms with van der Waals surface area (Å²) in [7, 11) is 3.18. The maximum absolute atomic E-state index is 11.9. The van der Waals surface area contributed by atoms with E-state index in [1.165, 1.54) is 23.5 Å². The third-order valence-corrected chi connectivity index (χ3v) is 22.8. The van der Waals surface area contributed by atoms with E-state index in [-0.39, 0.29) is 50.5 Å². The third kappa shape index (κ3) is 19.7. The summed E-state index contributed by atoms with van der Waals surface area (Å²) in [5.74, 6) is 2.64. The van der Waals surface area contributed by atoms with E-state index in [1.54, 1.807) is 21.6 Å². The minimum absolute atomic E-state index is 0.0588. The molecule has 36 N–H and O–H groups in total. The fourth-order valence-electron chi connectivity index (χ4n) is 12.6. The Bertz CT molecular complexity index is 2130. The van der Waals surface area contributed by atoms with E-state index >= 15 is 0 Å². The molecule has 0 aromatic carbocycles. The number of ether oxygens (including phenoxy) is 14. The lowest BCUT2D eigenvalue weighted by Gasteiger charge is -2.47. The summed E-state index contributed by atoms with van der Waals surface area (Å²) in [6.45, 7) is 0.744. The highest BCUT2D eigenvalue weighted by Gasteiger charge is 2.57. The van der Waals surface area contributed by atoms with Gasteiger partial charge in [0.15, 0.2) is 37.7 Å². The molecule has 38 atom stereocenters. The first-order valence-corrected chi connectivity index (χ1v) is 37.0. The van der Waals surface area contributed by atoms with Gasteiger partial charge in [0.25, 0.3) is 0 Å². The second kappa shape index (κ2) is 38.2. The predicted molar refractivity (Wildman–Crippen MR) is 344 cm³/mol. The second-order valence-corrected chi connectivity index (χ2v) is 30.1. The van der Waals surface area contributed by atoms with Crippen molar-refractivity contribution in [1.82, 2.24) is 0 Å². The Kier molecular flexibility index (Phi) is 32.5. The molecule has 2 aliphatic carbocycles. The molecule has 0 spiro atoms. The number of aliphatic hydroxyl groups is 12. The van der Waals surface area contributed by atoms with Crippen molar-refractivity contribution in [3.05, 3.63) is 0 Å². The zero-order valence-electron chi connectivity index (χ0n) is 52.9. The summed E-state index contributed by atoms with van der Waals surface area (Å²) in [4.78, 5) is 0. The Morgan fingerprint density at radius 3 is 0.833 bits per heavy atom. The van der Waals surface area contributed by atoms with E-state index in [0.717, 1.165) is 0 Å². The topological polar surface area (TPSA) is 684 Å². The summed E-state index contributed by atoms with van der Waals surface area (Å²) < 4.78 is 85.0. The molecule has 8 rings (SSSR count). The monoisotopic (exact) mass is 1470 g/mol. The predicted octanol–water partition coefficient (Wildman–Crippen LogP) is -13.9. The molecule has 42 heteroatoms. The maximum atomic E-state index is 11.9. The average Bonchev–Trinajstić information content (AvgIpc) is 1.17. The van der Waals surface area contributed by atoms with Crippen LogP contribution in [0.15, 0.2) is 0 Å². The fourth-order valence-corrected chi connectivity index (χ4v) is 16.1. The van der Waals surface area contributed by atoms with Gasteiger partial charge in [-0.15, -0.1) is 0 Å². The summed E-state index contributed by atoms with van der Waals surface area (Å²) in [5.41, 5.74) is 73.7. The molecule has 96 heavy (non-hydrogen) atoms. The van der Waals surface area contributed by atoms with Gasteiger partial charge in [0, 0.05) is 84.9 Å². The van der Waals surface area contributed by atoms with Gasteiger partial charge in [-0.05, 0) is 12.8 Å². The number of nitrogens with two attached hydrogens (primary N) is 12. The third-order valence-electron chi connectivity index (χ3n) is 18.4. The molecule has 0 amide bonds. The summed E-state index contributed by atoms with van der Waals surface area (Å²) in [5, 5.41) is 131. The first-order valence-electron chi connectivity index (χ1n) is 32.2. The van der Waals surface area contributed by atoms with Crippen LogP contribution >= 0.6 is 45.1 Å². The molecule has 8 aliphatic rings. The van der Waals surface area contributed by atoms with Gasteiger partial charge in [0.2, 0.25) is 0 Å². The Morgan fingerprint density at radius 1 is 0.281 bits per heavy atom. The van der Waals surface area contributed by atoms with Gasteiger partial charge >= 0.3 is 0 Å². The maximum Gasteiger partial charge on any atom is 0.187 e. The van der Waals surface area contributed by atoms with Gasteiger partial charge in [-0.2, -0.15) is 23.5 Å². The van der Waals surface area contributed by atoms with E-state index in [4.69, 9.17) is 135 Å². The molecule has 0 radical (unpaired) electrons. The van der Waals surface area contributed by atoms with E-state index < -0.39 is 233 Å². The molecule has 0 aromatic rings. The molecule has 6 saturated heterocycles. The van der Waals surface area contributed by atoms with Gasteiger partial charge < -0.3 is 196 Å². The summed E-state index contributed by atoms with van der Waals surface area (Å²) in [6.07, 6.45) is -39.8. The van der Waals surface area contributed by atoms with Crippen molar-refractivity contribution in [2.75, 3.05) is 87.1 Å². The Balaban J connectivity index is 0.772. The van der Waals surface area contributed by atoms with Crippen LogP contribution in [0.1, 0.15) is 12.8 Å². The Labute approximate surface area is 571 Å². The van der Waals surface area contributed by atoms with E-state index in [9.17, 15) is 61.3 Å². The average molecular weight is 1470 g/mol. The summed E-state index contributed by atoms with van der Waals surface area (Å²) in [6, 6.07) is -8.71. The van der Waals surface area contributed by atoms with Crippen molar-refractivity contribution < 1.29 is 128 Å². The Hall–Kier alpha value is -0.120. The zero-order chi connectivity index (χ0) is 70.0. The molecule has 38 nitrogen and oxygen atoms in total. The normalized spacial score (nSPS) is 48.8. The molecule has 6 aliphatic heterocycles. The second-order valence-electron chi connectivity index (χ2n) is 25.1. The Morgan fingerprint density at radius 2 is 0.542 bits per heavy atom. The molecule has 0 aromatic heterocycles. The van der Waals surface area contributed by atoms with Gasteiger partial charge in [-0.1, -0.05) is 21.6 Å².